The molecule has 1 amide bonds. The Labute approximate surface area is 235 Å². The molecule has 5 rings (SSSR count). The average molecular weight is 631 g/mol. The molecule has 1 aliphatic rings. The fraction of sp³-hybridized carbons (Fsp3) is 0.160. The average Bonchev–Trinajstić information content (AvgIpc) is 3.36. The van der Waals surface area contributed by atoms with Crippen molar-refractivity contribution < 1.29 is 22.9 Å². The van der Waals surface area contributed by atoms with Gasteiger partial charge in [-0.05, 0) is 60.2 Å². The van der Waals surface area contributed by atoms with Gasteiger partial charge in [0.05, 0.1) is 39.5 Å². The summed E-state index contributed by atoms with van der Waals surface area (Å²) >= 11 is 4.69. The largest absolute Gasteiger partial charge is 0.379 e. The van der Waals surface area contributed by atoms with Crippen LogP contribution in [0.3, 0.4) is 0 Å². The van der Waals surface area contributed by atoms with E-state index in [1.54, 1.807) is 0 Å². The third-order valence-corrected chi connectivity index (χ3v) is 9.25. The predicted octanol–water partition coefficient (Wildman–Crippen LogP) is 4.67. The fourth-order valence-corrected chi connectivity index (χ4v) is 6.68. The van der Waals surface area contributed by atoms with E-state index in [4.69, 9.17) is 4.74 Å². The number of nitro groups is 1. The van der Waals surface area contributed by atoms with Crippen molar-refractivity contribution in [1.29, 1.82) is 0 Å². The van der Waals surface area contributed by atoms with Crippen molar-refractivity contribution >= 4 is 70.4 Å². The number of nitro benzene ring substituents is 1. The minimum Gasteiger partial charge on any atom is -0.379 e. The zero-order chi connectivity index (χ0) is 27.6. The molecule has 3 aromatic carbocycles. The van der Waals surface area contributed by atoms with Crippen molar-refractivity contribution in [3.05, 3.63) is 92.4 Å². The summed E-state index contributed by atoms with van der Waals surface area (Å²) < 4.78 is 34.2. The van der Waals surface area contributed by atoms with Gasteiger partial charge in [0.25, 0.3) is 11.6 Å². The van der Waals surface area contributed by atoms with Crippen molar-refractivity contribution in [2.24, 2.45) is 5.10 Å². The van der Waals surface area contributed by atoms with E-state index in [9.17, 15) is 23.3 Å². The van der Waals surface area contributed by atoms with Gasteiger partial charge < -0.3 is 4.74 Å². The van der Waals surface area contributed by atoms with E-state index in [2.05, 4.69) is 26.0 Å². The molecule has 0 N–H and O–H groups in total. The number of hydrogen-bond acceptors (Lipinski definition) is 9. The van der Waals surface area contributed by atoms with Gasteiger partial charge in [-0.2, -0.15) is 14.4 Å². The summed E-state index contributed by atoms with van der Waals surface area (Å²) in [5.41, 5.74) is 1.35. The number of hydrogen-bond donors (Lipinski definition) is 0. The number of anilines is 1. The van der Waals surface area contributed by atoms with Crippen LogP contribution >= 0.6 is 27.3 Å². The molecule has 0 spiro atoms. The topological polar surface area (TPSA) is 135 Å². The van der Waals surface area contributed by atoms with Crippen molar-refractivity contribution in [3.8, 4) is 0 Å². The van der Waals surface area contributed by atoms with Crippen LogP contribution in [0.4, 0.5) is 10.8 Å². The maximum atomic E-state index is 13.6. The van der Waals surface area contributed by atoms with Crippen LogP contribution < -0.4 is 5.01 Å². The second-order valence-corrected chi connectivity index (χ2v) is 12.2. The number of fused-ring (bicyclic) bond motifs is 1. The Morgan fingerprint density at radius 2 is 1.79 bits per heavy atom. The van der Waals surface area contributed by atoms with Crippen molar-refractivity contribution in [2.45, 2.75) is 4.90 Å². The number of hydrazone groups is 1. The molecule has 0 saturated carbocycles. The summed E-state index contributed by atoms with van der Waals surface area (Å²) in [5.74, 6) is -0.526. The van der Waals surface area contributed by atoms with Crippen LogP contribution in [-0.4, -0.2) is 61.1 Å². The number of benzene rings is 3. The molecule has 4 aromatic rings. The molecule has 1 aromatic heterocycles. The summed E-state index contributed by atoms with van der Waals surface area (Å²) in [5, 5.41) is 16.8. The van der Waals surface area contributed by atoms with Crippen LogP contribution in [0.1, 0.15) is 15.9 Å². The number of aromatic nitrogens is 1. The van der Waals surface area contributed by atoms with Crippen LogP contribution in [0.5, 0.6) is 0 Å². The highest BCUT2D eigenvalue weighted by Gasteiger charge is 2.27. The van der Waals surface area contributed by atoms with E-state index < -0.39 is 20.9 Å². The first-order valence-corrected chi connectivity index (χ1v) is 14.6. The standard InChI is InChI=1S/C25H20BrN5O6S2/c26-19-5-10-22-23(15-19)38-25(28-22)30(27-16-17-1-6-20(7-2-17)31(33)34)24(32)18-3-8-21(9-4-18)39(35,36)29-11-13-37-14-12-29/h1-10,15-16H,11-14H2/b27-16+. The lowest BCUT2D eigenvalue weighted by Gasteiger charge is -2.26. The van der Waals surface area contributed by atoms with E-state index in [1.165, 1.54) is 70.4 Å². The Hall–Kier alpha value is -3.56. The van der Waals surface area contributed by atoms with Crippen LogP contribution in [0, 0.1) is 10.1 Å². The van der Waals surface area contributed by atoms with Crippen molar-refractivity contribution in [2.75, 3.05) is 31.3 Å². The third-order valence-electron chi connectivity index (χ3n) is 5.85. The quantitative estimate of drug-likeness (QED) is 0.165. The number of amides is 1. The number of sulfonamides is 1. The highest BCUT2D eigenvalue weighted by molar-refractivity contribution is 9.10. The Bertz CT molecular complexity index is 1670. The Morgan fingerprint density at radius 3 is 2.46 bits per heavy atom. The molecule has 2 heterocycles. The van der Waals surface area contributed by atoms with E-state index in [-0.39, 0.29) is 29.2 Å². The van der Waals surface area contributed by atoms with Crippen LogP contribution in [-0.2, 0) is 14.8 Å². The molecule has 0 unspecified atom stereocenters. The van der Waals surface area contributed by atoms with E-state index >= 15 is 0 Å². The lowest BCUT2D eigenvalue weighted by atomic mass is 10.2. The van der Waals surface area contributed by atoms with Crippen molar-refractivity contribution in [1.82, 2.24) is 9.29 Å². The molecule has 1 fully saturated rings. The number of thiazole rings is 1. The molecule has 200 valence electrons. The highest BCUT2D eigenvalue weighted by atomic mass is 79.9. The predicted molar refractivity (Wildman–Crippen MR) is 151 cm³/mol. The number of non-ortho nitro benzene ring substituents is 1. The molecule has 11 nitrogen and oxygen atoms in total. The van der Waals surface area contributed by atoms with Crippen LogP contribution in [0.25, 0.3) is 10.2 Å². The van der Waals surface area contributed by atoms with Gasteiger partial charge in [0, 0.05) is 35.3 Å². The Kier molecular flexibility index (Phi) is 7.81. The van der Waals surface area contributed by atoms with Crippen LogP contribution in [0.15, 0.2) is 81.2 Å². The van der Waals surface area contributed by atoms with Gasteiger partial charge in [0.1, 0.15) is 0 Å². The molecular formula is C25H20BrN5O6S2. The summed E-state index contributed by atoms with van der Waals surface area (Å²) in [7, 11) is -3.72. The fourth-order valence-electron chi connectivity index (χ4n) is 3.80. The smallest absolute Gasteiger partial charge is 0.280 e. The van der Waals surface area contributed by atoms with Gasteiger partial charge in [-0.3, -0.25) is 14.9 Å². The zero-order valence-corrected chi connectivity index (χ0v) is 23.4. The normalized spacial score (nSPS) is 14.6. The molecule has 0 atom stereocenters. The number of carbonyl (C=O) groups is 1. The number of halogens is 1. The summed E-state index contributed by atoms with van der Waals surface area (Å²) in [6.45, 7) is 1.19. The summed E-state index contributed by atoms with van der Waals surface area (Å²) in [6.07, 6.45) is 1.40. The summed E-state index contributed by atoms with van der Waals surface area (Å²) in [6, 6.07) is 16.9. The van der Waals surface area contributed by atoms with E-state index in [0.29, 0.717) is 29.4 Å². The lowest BCUT2D eigenvalue weighted by molar-refractivity contribution is -0.384. The van der Waals surface area contributed by atoms with Gasteiger partial charge in [-0.25, -0.2) is 13.4 Å². The molecular weight excluding hydrogens is 610 g/mol. The van der Waals surface area contributed by atoms with Crippen molar-refractivity contribution in [3.63, 3.8) is 0 Å². The van der Waals surface area contributed by atoms with Gasteiger partial charge in [0.2, 0.25) is 15.2 Å². The second-order valence-electron chi connectivity index (χ2n) is 8.36. The monoisotopic (exact) mass is 629 g/mol. The molecule has 1 saturated heterocycles. The SMILES string of the molecule is O=C(c1ccc(S(=O)(=O)N2CCOCC2)cc1)N(/N=C/c1ccc([N+](=O)[O-])cc1)c1nc2ccc(Br)cc2s1. The van der Waals surface area contributed by atoms with Crippen LogP contribution in [0.2, 0.25) is 0 Å². The number of nitrogens with zero attached hydrogens (tertiary/aromatic N) is 5. The Balaban J connectivity index is 1.47. The number of morpholine rings is 1. The first-order valence-electron chi connectivity index (χ1n) is 11.6. The minimum absolute atomic E-state index is 0.0658. The number of ether oxygens (including phenoxy) is 1. The zero-order valence-electron chi connectivity index (χ0n) is 20.1. The molecule has 14 heteroatoms. The number of carbonyl (C=O) groups excluding carboxylic acids is 1. The third kappa shape index (κ3) is 5.89. The number of rotatable bonds is 7. The van der Waals surface area contributed by atoms with Gasteiger partial charge in [-0.15, -0.1) is 0 Å². The minimum atomic E-state index is -3.72. The Morgan fingerprint density at radius 1 is 1.10 bits per heavy atom. The second kappa shape index (κ2) is 11.3. The van der Waals surface area contributed by atoms with E-state index in [1.807, 2.05) is 18.2 Å². The lowest BCUT2D eigenvalue weighted by Crippen LogP contribution is -2.40. The molecule has 0 aliphatic carbocycles. The first-order chi connectivity index (χ1) is 18.7. The molecule has 1 aliphatic heterocycles. The van der Waals surface area contributed by atoms with Gasteiger partial charge in [-0.1, -0.05) is 27.3 Å². The van der Waals surface area contributed by atoms with E-state index in [0.717, 1.165) is 14.2 Å². The maximum Gasteiger partial charge on any atom is 0.280 e. The molecule has 0 bridgehead atoms. The highest BCUT2D eigenvalue weighted by Crippen LogP contribution is 2.32. The maximum absolute atomic E-state index is 13.6. The summed E-state index contributed by atoms with van der Waals surface area (Å²) in [4.78, 5) is 28.7. The van der Waals surface area contributed by atoms with Gasteiger partial charge >= 0.3 is 0 Å². The first kappa shape index (κ1) is 27.0. The molecule has 39 heavy (non-hydrogen) atoms. The van der Waals surface area contributed by atoms with Gasteiger partial charge in [0.15, 0.2) is 0 Å². The molecule has 0 radical (unpaired) electrons.